The predicted molar refractivity (Wildman–Crippen MR) is 66.4 cm³/mol. The molecule has 0 fully saturated rings. The highest BCUT2D eigenvalue weighted by atomic mass is 16.1. The third-order valence-corrected chi connectivity index (χ3v) is 2.20. The minimum absolute atomic E-state index is 0.0636. The Morgan fingerprint density at radius 3 is 2.88 bits per heavy atom. The zero-order valence-electron chi connectivity index (χ0n) is 10.1. The molecule has 1 amide bonds. The van der Waals surface area contributed by atoms with E-state index in [9.17, 15) is 4.79 Å². The van der Waals surface area contributed by atoms with E-state index in [1.165, 1.54) is 6.20 Å². The first-order chi connectivity index (χ1) is 8.21. The average molecular weight is 238 g/mol. The summed E-state index contributed by atoms with van der Waals surface area (Å²) in [5.41, 5.74) is 2.43. The number of carbonyl (C=O) groups excluding carboxylic acids is 1. The van der Waals surface area contributed by atoms with E-state index in [4.69, 9.17) is 5.84 Å². The highest BCUT2D eigenvalue weighted by molar-refractivity contribution is 5.80. The quantitative estimate of drug-likeness (QED) is 0.466. The molecule has 0 aliphatic rings. The molecule has 0 atom stereocenters. The van der Waals surface area contributed by atoms with Gasteiger partial charge in [0.25, 0.3) is 0 Å². The Hall–Kier alpha value is -1.89. The smallest absolute Gasteiger partial charge is 0.239 e. The first-order valence-corrected chi connectivity index (χ1v) is 5.45. The van der Waals surface area contributed by atoms with E-state index in [1.54, 1.807) is 13.2 Å². The van der Waals surface area contributed by atoms with Gasteiger partial charge in [-0.3, -0.25) is 9.78 Å². The van der Waals surface area contributed by atoms with Gasteiger partial charge in [-0.15, -0.1) is 0 Å². The second kappa shape index (κ2) is 6.64. The number of hydrogen-bond acceptors (Lipinski definition) is 6. The van der Waals surface area contributed by atoms with Gasteiger partial charge in [0.05, 0.1) is 18.9 Å². The van der Waals surface area contributed by atoms with E-state index in [0.29, 0.717) is 11.6 Å². The van der Waals surface area contributed by atoms with Gasteiger partial charge in [-0.05, 0) is 6.42 Å². The normalized spacial score (nSPS) is 9.82. The first-order valence-electron chi connectivity index (χ1n) is 5.45. The van der Waals surface area contributed by atoms with Gasteiger partial charge >= 0.3 is 0 Å². The number of hydrazine groups is 1. The number of rotatable bonds is 6. The maximum atomic E-state index is 11.4. The van der Waals surface area contributed by atoms with Crippen LogP contribution in [0.25, 0.3) is 0 Å². The molecule has 1 rings (SSSR count). The summed E-state index contributed by atoms with van der Waals surface area (Å²) < 4.78 is 0. The predicted octanol–water partition coefficient (Wildman–Crippen LogP) is -0.275. The first kappa shape index (κ1) is 13.2. The summed E-state index contributed by atoms with van der Waals surface area (Å²) >= 11 is 0. The lowest BCUT2D eigenvalue weighted by Gasteiger charge is -2.22. The fourth-order valence-electron chi connectivity index (χ4n) is 1.37. The van der Waals surface area contributed by atoms with Gasteiger partial charge in [0.2, 0.25) is 5.91 Å². The van der Waals surface area contributed by atoms with E-state index in [0.717, 1.165) is 13.0 Å². The van der Waals surface area contributed by atoms with Crippen molar-refractivity contribution in [1.29, 1.82) is 0 Å². The third kappa shape index (κ3) is 3.87. The lowest BCUT2D eigenvalue weighted by atomic mass is 10.4. The monoisotopic (exact) mass is 238 g/mol. The van der Waals surface area contributed by atoms with Crippen LogP contribution in [0, 0.1) is 0 Å². The van der Waals surface area contributed by atoms with Gasteiger partial charge in [0.1, 0.15) is 5.82 Å². The van der Waals surface area contributed by atoms with Crippen molar-refractivity contribution < 1.29 is 4.79 Å². The average Bonchev–Trinajstić information content (AvgIpc) is 2.38. The number of nitrogens with zero attached hydrogens (tertiary/aromatic N) is 3. The molecule has 4 N–H and O–H groups in total. The fourth-order valence-corrected chi connectivity index (χ4v) is 1.37. The van der Waals surface area contributed by atoms with E-state index >= 15 is 0 Å². The van der Waals surface area contributed by atoms with Crippen LogP contribution in [0.2, 0.25) is 0 Å². The van der Waals surface area contributed by atoms with Crippen molar-refractivity contribution in [3.05, 3.63) is 12.4 Å². The molecule has 0 aliphatic heterocycles. The number of amides is 1. The van der Waals surface area contributed by atoms with E-state index in [-0.39, 0.29) is 12.5 Å². The van der Waals surface area contributed by atoms with E-state index in [2.05, 4.69) is 20.7 Å². The zero-order chi connectivity index (χ0) is 12.7. The molecule has 7 heteroatoms. The van der Waals surface area contributed by atoms with E-state index in [1.807, 2.05) is 11.8 Å². The van der Waals surface area contributed by atoms with Gasteiger partial charge in [-0.25, -0.2) is 10.8 Å². The van der Waals surface area contributed by atoms with Crippen LogP contribution in [-0.2, 0) is 4.79 Å². The number of likely N-dealkylation sites (N-methyl/N-ethyl adjacent to an activating group) is 1. The molecule has 1 aromatic rings. The van der Waals surface area contributed by atoms with E-state index < -0.39 is 0 Å². The minimum atomic E-state index is -0.0636. The van der Waals surface area contributed by atoms with Crippen LogP contribution in [0.5, 0.6) is 0 Å². The maximum absolute atomic E-state index is 11.4. The molecule has 0 radical (unpaired) electrons. The molecule has 0 bridgehead atoms. The molecule has 1 heterocycles. The largest absolute Gasteiger partial charge is 0.358 e. The Bertz CT molecular complexity index is 370. The molecular weight excluding hydrogens is 220 g/mol. The molecule has 0 aliphatic carbocycles. The summed E-state index contributed by atoms with van der Waals surface area (Å²) in [7, 11) is 1.61. The molecular formula is C10H18N6O. The Labute approximate surface area is 100 Å². The molecule has 0 unspecified atom stereocenters. The summed E-state index contributed by atoms with van der Waals surface area (Å²) in [5, 5.41) is 2.58. The van der Waals surface area contributed by atoms with Crippen molar-refractivity contribution in [3.8, 4) is 0 Å². The molecule has 0 spiro atoms. The van der Waals surface area contributed by atoms with Crippen LogP contribution in [0.1, 0.15) is 13.3 Å². The Balaban J connectivity index is 2.84. The summed E-state index contributed by atoms with van der Waals surface area (Å²) in [5.74, 6) is 6.31. The number of nitrogens with two attached hydrogens (primary N) is 1. The SMILES string of the molecule is CCCN(CC(=O)NC)c1cncc(NN)n1. The number of aromatic nitrogens is 2. The standard InChI is InChI=1S/C10H18N6O/c1-3-4-16(7-10(17)12-2)9-6-13-5-8(14-9)15-11/h5-6H,3-4,7,11H2,1-2H3,(H,12,17)(H,14,15). The lowest BCUT2D eigenvalue weighted by Crippen LogP contribution is -2.36. The number of carbonyl (C=O) groups is 1. The van der Waals surface area contributed by atoms with Crippen LogP contribution in [0.15, 0.2) is 12.4 Å². The number of nitrogen functional groups attached to an aromatic ring is 1. The zero-order valence-corrected chi connectivity index (χ0v) is 10.1. The number of anilines is 2. The minimum Gasteiger partial charge on any atom is -0.358 e. The molecule has 0 saturated heterocycles. The fraction of sp³-hybridized carbons (Fsp3) is 0.500. The lowest BCUT2D eigenvalue weighted by molar-refractivity contribution is -0.119. The van der Waals surface area contributed by atoms with Crippen LogP contribution in [0.3, 0.4) is 0 Å². The van der Waals surface area contributed by atoms with Gasteiger partial charge in [-0.1, -0.05) is 6.92 Å². The second-order valence-corrected chi connectivity index (χ2v) is 3.50. The van der Waals surface area contributed by atoms with Gasteiger partial charge in [-0.2, -0.15) is 0 Å². The van der Waals surface area contributed by atoms with Crippen molar-refractivity contribution >= 4 is 17.5 Å². The molecule has 17 heavy (non-hydrogen) atoms. The van der Waals surface area contributed by atoms with Gasteiger partial charge in [0.15, 0.2) is 5.82 Å². The van der Waals surface area contributed by atoms with Crippen molar-refractivity contribution in [2.24, 2.45) is 5.84 Å². The summed E-state index contributed by atoms with van der Waals surface area (Å²) in [4.78, 5) is 21.5. The number of hydrogen-bond donors (Lipinski definition) is 3. The molecule has 1 aromatic heterocycles. The van der Waals surface area contributed by atoms with Crippen LogP contribution >= 0.6 is 0 Å². The molecule has 7 nitrogen and oxygen atoms in total. The Morgan fingerprint density at radius 2 is 2.29 bits per heavy atom. The maximum Gasteiger partial charge on any atom is 0.239 e. The van der Waals surface area contributed by atoms with Crippen molar-refractivity contribution in [2.45, 2.75) is 13.3 Å². The third-order valence-electron chi connectivity index (χ3n) is 2.20. The number of nitrogens with one attached hydrogen (secondary N) is 2. The topological polar surface area (TPSA) is 96.2 Å². The highest BCUT2D eigenvalue weighted by Gasteiger charge is 2.11. The summed E-state index contributed by atoms with van der Waals surface area (Å²) in [6.07, 6.45) is 4.05. The molecule has 0 saturated carbocycles. The van der Waals surface area contributed by atoms with Crippen molar-refractivity contribution in [2.75, 3.05) is 30.5 Å². The summed E-state index contributed by atoms with van der Waals surface area (Å²) in [6, 6.07) is 0. The van der Waals surface area contributed by atoms with Gasteiger partial charge < -0.3 is 15.6 Å². The summed E-state index contributed by atoms with van der Waals surface area (Å²) in [6.45, 7) is 3.03. The van der Waals surface area contributed by atoms with Crippen LogP contribution in [0.4, 0.5) is 11.6 Å². The Morgan fingerprint density at radius 1 is 1.53 bits per heavy atom. The molecule has 0 aromatic carbocycles. The van der Waals surface area contributed by atoms with Crippen molar-refractivity contribution in [1.82, 2.24) is 15.3 Å². The van der Waals surface area contributed by atoms with Crippen molar-refractivity contribution in [3.63, 3.8) is 0 Å². The Kier molecular flexibility index (Phi) is 5.15. The highest BCUT2D eigenvalue weighted by Crippen LogP contribution is 2.11. The molecule has 94 valence electrons. The van der Waals surface area contributed by atoms with Crippen LogP contribution < -0.4 is 21.5 Å². The second-order valence-electron chi connectivity index (χ2n) is 3.50. The van der Waals surface area contributed by atoms with Crippen LogP contribution in [-0.4, -0.2) is 36.0 Å². The van der Waals surface area contributed by atoms with Gasteiger partial charge in [0, 0.05) is 13.6 Å².